The van der Waals surface area contributed by atoms with Gasteiger partial charge in [0, 0.05) is 26.3 Å². The number of ether oxygens (including phenoxy) is 2. The summed E-state index contributed by atoms with van der Waals surface area (Å²) in [5.74, 6) is 0.0367. The van der Waals surface area contributed by atoms with Crippen molar-refractivity contribution in [3.63, 3.8) is 0 Å². The van der Waals surface area contributed by atoms with Crippen molar-refractivity contribution in [1.82, 2.24) is 4.90 Å². The average molecular weight is 257 g/mol. The highest BCUT2D eigenvalue weighted by molar-refractivity contribution is 5.75. The summed E-state index contributed by atoms with van der Waals surface area (Å²) in [5.41, 5.74) is -0.717. The van der Waals surface area contributed by atoms with E-state index in [0.717, 1.165) is 19.1 Å². The van der Waals surface area contributed by atoms with E-state index in [4.69, 9.17) is 9.47 Å². The lowest BCUT2D eigenvalue weighted by Crippen LogP contribution is -2.43. The highest BCUT2D eigenvalue weighted by Crippen LogP contribution is 2.30. The van der Waals surface area contributed by atoms with Gasteiger partial charge in [-0.25, -0.2) is 0 Å². The van der Waals surface area contributed by atoms with Gasteiger partial charge >= 0.3 is 5.97 Å². The second-order valence-corrected chi connectivity index (χ2v) is 5.64. The van der Waals surface area contributed by atoms with Gasteiger partial charge in [-0.1, -0.05) is 0 Å². The van der Waals surface area contributed by atoms with E-state index in [2.05, 4.69) is 0 Å². The number of likely N-dealkylation sites (N-methyl/N-ethyl adjacent to an activating group) is 1. The summed E-state index contributed by atoms with van der Waals surface area (Å²) in [4.78, 5) is 13.4. The van der Waals surface area contributed by atoms with E-state index < -0.39 is 11.4 Å². The van der Waals surface area contributed by atoms with Crippen LogP contribution in [-0.2, 0) is 14.3 Å². The molecule has 1 aliphatic carbocycles. The van der Waals surface area contributed by atoms with Gasteiger partial charge in [0.25, 0.3) is 0 Å². The van der Waals surface area contributed by atoms with Crippen LogP contribution in [0.3, 0.4) is 0 Å². The van der Waals surface area contributed by atoms with Crippen LogP contribution in [0.25, 0.3) is 0 Å². The van der Waals surface area contributed by atoms with Crippen LogP contribution >= 0.6 is 0 Å². The second kappa shape index (κ2) is 5.99. The number of rotatable bonds is 8. The zero-order valence-electron chi connectivity index (χ0n) is 11.1. The number of carboxylic acid groups (broad SMARTS) is 1. The maximum Gasteiger partial charge on any atom is 0.313 e. The Kier molecular flexibility index (Phi) is 4.59. The van der Waals surface area contributed by atoms with Gasteiger partial charge in [0.15, 0.2) is 0 Å². The molecule has 104 valence electrons. The van der Waals surface area contributed by atoms with Crippen LogP contribution in [0.2, 0.25) is 0 Å². The molecule has 0 radical (unpaired) electrons. The Balaban J connectivity index is 1.67. The molecule has 1 aliphatic heterocycles. The van der Waals surface area contributed by atoms with E-state index in [1.807, 2.05) is 11.9 Å². The fraction of sp³-hybridized carbons (Fsp3) is 0.923. The summed E-state index contributed by atoms with van der Waals surface area (Å²) in [6.45, 7) is 3.75. The molecule has 1 atom stereocenters. The molecule has 5 nitrogen and oxygen atoms in total. The summed E-state index contributed by atoms with van der Waals surface area (Å²) in [7, 11) is 1.95. The molecule has 0 aromatic rings. The van der Waals surface area contributed by atoms with Gasteiger partial charge < -0.3 is 19.5 Å². The SMILES string of the molecule is CN(CCOCC1CC1)CC1(C(=O)O)CCOC1. The molecule has 0 aromatic carbocycles. The van der Waals surface area contributed by atoms with Crippen molar-refractivity contribution < 1.29 is 19.4 Å². The molecule has 1 saturated heterocycles. The fourth-order valence-corrected chi connectivity index (χ4v) is 2.32. The van der Waals surface area contributed by atoms with Crippen LogP contribution in [0.5, 0.6) is 0 Å². The first-order valence-corrected chi connectivity index (χ1v) is 6.70. The Morgan fingerprint density at radius 2 is 2.33 bits per heavy atom. The smallest absolute Gasteiger partial charge is 0.313 e. The minimum Gasteiger partial charge on any atom is -0.481 e. The van der Waals surface area contributed by atoms with Crippen LogP contribution in [0.1, 0.15) is 19.3 Å². The van der Waals surface area contributed by atoms with Crippen LogP contribution < -0.4 is 0 Å². The number of hydrogen-bond acceptors (Lipinski definition) is 4. The molecule has 1 heterocycles. The van der Waals surface area contributed by atoms with Gasteiger partial charge in [-0.3, -0.25) is 4.79 Å². The summed E-state index contributed by atoms with van der Waals surface area (Å²) >= 11 is 0. The van der Waals surface area contributed by atoms with E-state index in [1.54, 1.807) is 0 Å². The van der Waals surface area contributed by atoms with Crippen molar-refractivity contribution in [1.29, 1.82) is 0 Å². The molecule has 1 unspecified atom stereocenters. The van der Waals surface area contributed by atoms with Gasteiger partial charge in [0.1, 0.15) is 5.41 Å². The van der Waals surface area contributed by atoms with Crippen LogP contribution in [0.15, 0.2) is 0 Å². The maximum absolute atomic E-state index is 11.3. The van der Waals surface area contributed by atoms with Crippen molar-refractivity contribution in [2.24, 2.45) is 11.3 Å². The molecule has 18 heavy (non-hydrogen) atoms. The standard InChI is InChI=1S/C13H23NO4/c1-14(5-7-17-8-11-2-3-11)9-13(12(15)16)4-6-18-10-13/h11H,2-10H2,1H3,(H,15,16). The third-order valence-corrected chi connectivity index (χ3v) is 3.80. The number of carboxylic acids is 1. The van der Waals surface area contributed by atoms with Crippen molar-refractivity contribution in [2.75, 3.05) is 46.6 Å². The third kappa shape index (κ3) is 3.67. The zero-order chi connectivity index (χ0) is 13.0. The summed E-state index contributed by atoms with van der Waals surface area (Å²) in [6, 6.07) is 0. The Labute approximate surface area is 108 Å². The van der Waals surface area contributed by atoms with Gasteiger partial charge in [-0.15, -0.1) is 0 Å². The number of hydrogen-bond donors (Lipinski definition) is 1. The lowest BCUT2D eigenvalue weighted by molar-refractivity contribution is -0.150. The third-order valence-electron chi connectivity index (χ3n) is 3.80. The predicted octanol–water partition coefficient (Wildman–Crippen LogP) is 0.836. The number of carbonyl (C=O) groups is 1. The number of nitrogens with zero attached hydrogens (tertiary/aromatic N) is 1. The molecule has 2 aliphatic rings. The summed E-state index contributed by atoms with van der Waals surface area (Å²) in [5, 5.41) is 9.33. The number of aliphatic carboxylic acids is 1. The summed E-state index contributed by atoms with van der Waals surface area (Å²) < 4.78 is 10.8. The normalized spacial score (nSPS) is 27.9. The highest BCUT2D eigenvalue weighted by Gasteiger charge is 2.43. The maximum atomic E-state index is 11.3. The predicted molar refractivity (Wildman–Crippen MR) is 66.5 cm³/mol. The van der Waals surface area contributed by atoms with Crippen molar-refractivity contribution in [3.8, 4) is 0 Å². The average Bonchev–Trinajstić information content (AvgIpc) is 3.03. The minimum absolute atomic E-state index is 0.329. The Morgan fingerprint density at radius 3 is 2.89 bits per heavy atom. The highest BCUT2D eigenvalue weighted by atomic mass is 16.5. The summed E-state index contributed by atoms with van der Waals surface area (Å²) in [6.07, 6.45) is 3.21. The van der Waals surface area contributed by atoms with Crippen molar-refractivity contribution >= 4 is 5.97 Å². The Bertz CT molecular complexity index is 285. The molecule has 5 heteroatoms. The molecular formula is C13H23NO4. The van der Waals surface area contributed by atoms with Crippen molar-refractivity contribution in [3.05, 3.63) is 0 Å². The Hall–Kier alpha value is -0.650. The molecule has 1 saturated carbocycles. The first kappa shape index (κ1) is 13.8. The Morgan fingerprint density at radius 1 is 1.56 bits per heavy atom. The monoisotopic (exact) mass is 257 g/mol. The lowest BCUT2D eigenvalue weighted by Gasteiger charge is -2.28. The minimum atomic E-state index is -0.745. The zero-order valence-corrected chi connectivity index (χ0v) is 11.1. The molecule has 0 spiro atoms. The van der Waals surface area contributed by atoms with Crippen LogP contribution in [0, 0.1) is 11.3 Å². The molecule has 0 bridgehead atoms. The lowest BCUT2D eigenvalue weighted by atomic mass is 9.87. The van der Waals surface area contributed by atoms with E-state index in [-0.39, 0.29) is 0 Å². The molecule has 2 fully saturated rings. The molecule has 1 N–H and O–H groups in total. The van der Waals surface area contributed by atoms with Crippen molar-refractivity contribution in [2.45, 2.75) is 19.3 Å². The van der Waals surface area contributed by atoms with Gasteiger partial charge in [-0.2, -0.15) is 0 Å². The topological polar surface area (TPSA) is 59.0 Å². The first-order chi connectivity index (χ1) is 8.62. The van der Waals surface area contributed by atoms with Crippen LogP contribution in [-0.4, -0.2) is 62.5 Å². The van der Waals surface area contributed by atoms with E-state index in [1.165, 1.54) is 12.8 Å². The van der Waals surface area contributed by atoms with E-state index >= 15 is 0 Å². The van der Waals surface area contributed by atoms with E-state index in [0.29, 0.717) is 32.8 Å². The van der Waals surface area contributed by atoms with Gasteiger partial charge in [-0.05, 0) is 32.2 Å². The van der Waals surface area contributed by atoms with E-state index in [9.17, 15) is 9.90 Å². The van der Waals surface area contributed by atoms with Gasteiger partial charge in [0.2, 0.25) is 0 Å². The fourth-order valence-electron chi connectivity index (χ4n) is 2.32. The first-order valence-electron chi connectivity index (χ1n) is 6.70. The largest absolute Gasteiger partial charge is 0.481 e. The molecule has 0 aromatic heterocycles. The molecule has 0 amide bonds. The molecular weight excluding hydrogens is 234 g/mol. The second-order valence-electron chi connectivity index (χ2n) is 5.64. The molecule has 2 rings (SSSR count). The quantitative estimate of drug-likeness (QED) is 0.653. The van der Waals surface area contributed by atoms with Gasteiger partial charge in [0.05, 0.1) is 13.2 Å². The van der Waals surface area contributed by atoms with Crippen LogP contribution in [0.4, 0.5) is 0 Å².